The van der Waals surface area contributed by atoms with Crippen molar-refractivity contribution >= 4 is 15.9 Å². The van der Waals surface area contributed by atoms with Gasteiger partial charge < -0.3 is 5.73 Å². The summed E-state index contributed by atoms with van der Waals surface area (Å²) in [6.45, 7) is 0.456. The second-order valence-corrected chi connectivity index (χ2v) is 3.71. The van der Waals surface area contributed by atoms with Crippen molar-refractivity contribution in [2.24, 2.45) is 5.73 Å². The lowest BCUT2D eigenvalue weighted by Gasteiger charge is -2.04. The molecule has 4 nitrogen and oxygen atoms in total. The van der Waals surface area contributed by atoms with Gasteiger partial charge in [0.1, 0.15) is 12.1 Å². The van der Waals surface area contributed by atoms with Crippen LogP contribution in [0.2, 0.25) is 0 Å². The highest BCUT2D eigenvalue weighted by Crippen LogP contribution is 2.12. The van der Waals surface area contributed by atoms with Crippen LogP contribution < -0.4 is 5.73 Å². The van der Waals surface area contributed by atoms with Crippen LogP contribution in [0.1, 0.15) is 5.69 Å². The van der Waals surface area contributed by atoms with Gasteiger partial charge in [0.2, 0.25) is 0 Å². The highest BCUT2D eigenvalue weighted by Gasteiger charge is 2.02. The van der Waals surface area contributed by atoms with Gasteiger partial charge in [0, 0.05) is 23.4 Å². The van der Waals surface area contributed by atoms with Crippen LogP contribution in [0.25, 0.3) is 5.82 Å². The maximum absolute atomic E-state index is 5.56. The Labute approximate surface area is 89.9 Å². The largest absolute Gasteiger partial charge is 0.325 e. The Morgan fingerprint density at radius 2 is 2.21 bits per heavy atom. The SMILES string of the molecule is NCc1cncn1-c1ccc(Br)cn1. The second-order valence-electron chi connectivity index (χ2n) is 2.79. The molecule has 0 fully saturated rings. The van der Waals surface area contributed by atoms with Crippen molar-refractivity contribution in [3.63, 3.8) is 0 Å². The fraction of sp³-hybridized carbons (Fsp3) is 0.111. The van der Waals surface area contributed by atoms with E-state index in [1.165, 1.54) is 0 Å². The molecule has 2 aromatic rings. The molecular weight excluding hydrogens is 244 g/mol. The highest BCUT2D eigenvalue weighted by molar-refractivity contribution is 9.10. The molecule has 2 aromatic heterocycles. The van der Waals surface area contributed by atoms with Gasteiger partial charge >= 0.3 is 0 Å². The Balaban J connectivity index is 2.44. The summed E-state index contributed by atoms with van der Waals surface area (Å²) in [6, 6.07) is 3.84. The molecule has 0 atom stereocenters. The molecule has 0 spiro atoms. The Hall–Kier alpha value is -1.20. The lowest BCUT2D eigenvalue weighted by Crippen LogP contribution is -2.05. The molecule has 0 aliphatic rings. The van der Waals surface area contributed by atoms with E-state index in [4.69, 9.17) is 5.73 Å². The van der Waals surface area contributed by atoms with Crippen molar-refractivity contribution in [3.05, 3.63) is 41.0 Å². The molecule has 2 N–H and O–H groups in total. The van der Waals surface area contributed by atoms with Crippen molar-refractivity contribution < 1.29 is 0 Å². The summed E-state index contributed by atoms with van der Waals surface area (Å²) < 4.78 is 2.82. The fourth-order valence-electron chi connectivity index (χ4n) is 1.19. The maximum Gasteiger partial charge on any atom is 0.138 e. The summed E-state index contributed by atoms with van der Waals surface area (Å²) in [5.74, 6) is 0.825. The van der Waals surface area contributed by atoms with Crippen molar-refractivity contribution in [1.29, 1.82) is 0 Å². The van der Waals surface area contributed by atoms with E-state index in [0.717, 1.165) is 16.0 Å². The lowest BCUT2D eigenvalue weighted by molar-refractivity contribution is 0.883. The van der Waals surface area contributed by atoms with E-state index in [1.54, 1.807) is 18.7 Å². The first-order valence-electron chi connectivity index (χ1n) is 4.14. The number of hydrogen-bond acceptors (Lipinski definition) is 3. The van der Waals surface area contributed by atoms with E-state index in [2.05, 4.69) is 25.9 Å². The molecule has 0 aliphatic heterocycles. The number of aromatic nitrogens is 3. The Morgan fingerprint density at radius 3 is 2.86 bits per heavy atom. The molecule has 0 saturated heterocycles. The maximum atomic E-state index is 5.56. The van der Waals surface area contributed by atoms with Crippen molar-refractivity contribution in [2.75, 3.05) is 0 Å². The minimum Gasteiger partial charge on any atom is -0.325 e. The fourth-order valence-corrected chi connectivity index (χ4v) is 1.42. The van der Waals surface area contributed by atoms with Gasteiger partial charge in [-0.2, -0.15) is 0 Å². The summed E-state index contributed by atoms with van der Waals surface area (Å²) in [5, 5.41) is 0. The summed E-state index contributed by atoms with van der Waals surface area (Å²) in [5.41, 5.74) is 6.51. The standard InChI is InChI=1S/C9H9BrN4/c10-7-1-2-9(13-4-7)14-6-12-5-8(14)3-11/h1-2,4-6H,3,11H2. The van der Waals surface area contributed by atoms with Crippen LogP contribution in [-0.2, 0) is 6.54 Å². The molecule has 5 heteroatoms. The zero-order chi connectivity index (χ0) is 9.97. The highest BCUT2D eigenvalue weighted by atomic mass is 79.9. The first-order valence-corrected chi connectivity index (χ1v) is 4.94. The summed E-state index contributed by atoms with van der Waals surface area (Å²) in [4.78, 5) is 8.27. The minimum atomic E-state index is 0.456. The number of nitrogens with zero attached hydrogens (tertiary/aromatic N) is 3. The Bertz CT molecular complexity index is 421. The van der Waals surface area contributed by atoms with Gasteiger partial charge in [-0.15, -0.1) is 0 Å². The second kappa shape index (κ2) is 3.89. The first kappa shape index (κ1) is 9.36. The summed E-state index contributed by atoms with van der Waals surface area (Å²) in [7, 11) is 0. The van der Waals surface area contributed by atoms with Gasteiger partial charge in [-0.3, -0.25) is 4.57 Å². The number of rotatable bonds is 2. The molecule has 0 unspecified atom stereocenters. The molecule has 0 aliphatic carbocycles. The molecule has 0 saturated carbocycles. The first-order chi connectivity index (χ1) is 6.81. The number of imidazole rings is 1. The Kier molecular flexibility index (Phi) is 2.60. The van der Waals surface area contributed by atoms with Gasteiger partial charge in [0.15, 0.2) is 0 Å². The minimum absolute atomic E-state index is 0.456. The molecule has 14 heavy (non-hydrogen) atoms. The number of halogens is 1. The summed E-state index contributed by atoms with van der Waals surface area (Å²) in [6.07, 6.45) is 5.19. The van der Waals surface area contributed by atoms with Crippen molar-refractivity contribution in [2.45, 2.75) is 6.54 Å². The van der Waals surface area contributed by atoms with Crippen molar-refractivity contribution in [1.82, 2.24) is 14.5 Å². The predicted octanol–water partition coefficient (Wildman–Crippen LogP) is 1.49. The Morgan fingerprint density at radius 1 is 1.36 bits per heavy atom. The van der Waals surface area contributed by atoms with Crippen LogP contribution >= 0.6 is 15.9 Å². The molecular formula is C9H9BrN4. The monoisotopic (exact) mass is 252 g/mol. The molecule has 0 aromatic carbocycles. The van der Waals surface area contributed by atoms with Crippen molar-refractivity contribution in [3.8, 4) is 5.82 Å². The zero-order valence-electron chi connectivity index (χ0n) is 7.39. The van der Waals surface area contributed by atoms with Gasteiger partial charge in [0.05, 0.1) is 5.69 Å². The van der Waals surface area contributed by atoms with Crippen LogP contribution in [-0.4, -0.2) is 14.5 Å². The van der Waals surface area contributed by atoms with E-state index in [0.29, 0.717) is 6.54 Å². The van der Waals surface area contributed by atoms with E-state index in [1.807, 2.05) is 16.7 Å². The van der Waals surface area contributed by atoms with E-state index < -0.39 is 0 Å². The van der Waals surface area contributed by atoms with Crippen LogP contribution in [0.5, 0.6) is 0 Å². The van der Waals surface area contributed by atoms with Gasteiger partial charge in [-0.25, -0.2) is 9.97 Å². The zero-order valence-corrected chi connectivity index (χ0v) is 8.98. The third kappa shape index (κ3) is 1.69. The molecule has 2 rings (SSSR count). The topological polar surface area (TPSA) is 56.7 Å². The van der Waals surface area contributed by atoms with Gasteiger partial charge in [-0.05, 0) is 28.1 Å². The third-order valence-electron chi connectivity index (χ3n) is 1.88. The third-order valence-corrected chi connectivity index (χ3v) is 2.35. The molecule has 0 amide bonds. The van der Waals surface area contributed by atoms with Gasteiger partial charge in [-0.1, -0.05) is 0 Å². The number of hydrogen-bond donors (Lipinski definition) is 1. The average molecular weight is 253 g/mol. The molecule has 72 valence electrons. The quantitative estimate of drug-likeness (QED) is 0.882. The smallest absolute Gasteiger partial charge is 0.138 e. The molecule has 0 bridgehead atoms. The molecule has 2 heterocycles. The normalized spacial score (nSPS) is 10.4. The lowest BCUT2D eigenvalue weighted by atomic mass is 10.4. The van der Waals surface area contributed by atoms with E-state index in [9.17, 15) is 0 Å². The van der Waals surface area contributed by atoms with E-state index in [-0.39, 0.29) is 0 Å². The molecule has 0 radical (unpaired) electrons. The average Bonchev–Trinajstić information content (AvgIpc) is 2.67. The van der Waals surface area contributed by atoms with Crippen LogP contribution in [0, 0.1) is 0 Å². The van der Waals surface area contributed by atoms with Crippen LogP contribution in [0.3, 0.4) is 0 Å². The number of nitrogens with two attached hydrogens (primary N) is 1. The number of pyridine rings is 1. The van der Waals surface area contributed by atoms with Crippen LogP contribution in [0.15, 0.2) is 35.3 Å². The van der Waals surface area contributed by atoms with E-state index >= 15 is 0 Å². The predicted molar refractivity (Wildman–Crippen MR) is 57.0 cm³/mol. The van der Waals surface area contributed by atoms with Crippen LogP contribution in [0.4, 0.5) is 0 Å². The van der Waals surface area contributed by atoms with Gasteiger partial charge in [0.25, 0.3) is 0 Å². The summed E-state index contributed by atoms with van der Waals surface area (Å²) >= 11 is 3.33.